The molecule has 1 aromatic heterocycles. The van der Waals surface area contributed by atoms with E-state index in [4.69, 9.17) is 0 Å². The summed E-state index contributed by atoms with van der Waals surface area (Å²) in [5.74, 6) is 0.860. The van der Waals surface area contributed by atoms with E-state index in [1.807, 2.05) is 19.9 Å². The fourth-order valence-electron chi connectivity index (χ4n) is 1.24. The first-order valence-electron chi connectivity index (χ1n) is 4.44. The van der Waals surface area contributed by atoms with Gasteiger partial charge in [-0.3, -0.25) is 4.99 Å². The Hall–Kier alpha value is -0.970. The molecular weight excluding hydrogens is 244 g/mol. The first-order chi connectivity index (χ1) is 6.68. The van der Waals surface area contributed by atoms with Gasteiger partial charge < -0.3 is 0 Å². The van der Waals surface area contributed by atoms with Crippen LogP contribution >= 0.6 is 15.9 Å². The van der Waals surface area contributed by atoms with Crippen molar-refractivity contribution >= 4 is 21.8 Å². The van der Waals surface area contributed by atoms with Gasteiger partial charge in [0.25, 0.3) is 0 Å². The van der Waals surface area contributed by atoms with Crippen molar-refractivity contribution in [2.45, 2.75) is 18.7 Å². The summed E-state index contributed by atoms with van der Waals surface area (Å²) in [5, 5.41) is 8.03. The number of aliphatic imine (C=N–C) groups is 1. The maximum Gasteiger partial charge on any atom is 0.150 e. The second-order valence-corrected chi connectivity index (χ2v) is 4.42. The van der Waals surface area contributed by atoms with Gasteiger partial charge in [0, 0.05) is 0 Å². The van der Waals surface area contributed by atoms with E-state index < -0.39 is 0 Å². The van der Waals surface area contributed by atoms with Crippen LogP contribution in [0.1, 0.15) is 11.4 Å². The smallest absolute Gasteiger partial charge is 0.150 e. The zero-order valence-corrected chi connectivity index (χ0v) is 9.69. The molecule has 1 aliphatic rings. The van der Waals surface area contributed by atoms with E-state index in [1.165, 1.54) is 0 Å². The number of aromatic nitrogens is 3. The summed E-state index contributed by atoms with van der Waals surface area (Å²) in [7, 11) is 0. The lowest BCUT2D eigenvalue weighted by Crippen LogP contribution is -2.18. The monoisotopic (exact) mass is 254 g/mol. The molecule has 2 heterocycles. The van der Waals surface area contributed by atoms with Crippen molar-refractivity contribution < 1.29 is 0 Å². The Morgan fingerprint density at radius 2 is 2.29 bits per heavy atom. The van der Waals surface area contributed by atoms with E-state index in [0.717, 1.165) is 23.8 Å². The molecule has 0 saturated carbocycles. The van der Waals surface area contributed by atoms with Crippen molar-refractivity contribution in [1.29, 1.82) is 0 Å². The minimum absolute atomic E-state index is 0.344. The highest BCUT2D eigenvalue weighted by Gasteiger charge is 2.11. The van der Waals surface area contributed by atoms with Crippen LogP contribution in [0, 0.1) is 13.8 Å². The number of nitrogens with zero attached hydrogens (tertiary/aromatic N) is 4. The summed E-state index contributed by atoms with van der Waals surface area (Å²) in [4.78, 5) is 4.74. The number of dihydropyridines is 1. The molecule has 0 spiro atoms. The Morgan fingerprint density at radius 1 is 1.50 bits per heavy atom. The quantitative estimate of drug-likeness (QED) is 0.659. The molecule has 1 unspecified atom stereocenters. The van der Waals surface area contributed by atoms with Crippen LogP contribution in [0.15, 0.2) is 17.1 Å². The lowest BCUT2D eigenvalue weighted by Gasteiger charge is -2.10. The third kappa shape index (κ3) is 1.64. The summed E-state index contributed by atoms with van der Waals surface area (Å²) in [5.41, 5.74) is 1.99. The highest BCUT2D eigenvalue weighted by Crippen LogP contribution is 2.10. The van der Waals surface area contributed by atoms with Crippen molar-refractivity contribution in [3.8, 4) is 0 Å². The van der Waals surface area contributed by atoms with Gasteiger partial charge in [0.05, 0.1) is 22.8 Å². The minimum atomic E-state index is 0.344. The molecule has 14 heavy (non-hydrogen) atoms. The first kappa shape index (κ1) is 9.58. The topological polar surface area (TPSA) is 43.1 Å². The highest BCUT2D eigenvalue weighted by molar-refractivity contribution is 9.09. The predicted octanol–water partition coefficient (Wildman–Crippen LogP) is 1.47. The van der Waals surface area contributed by atoms with Gasteiger partial charge in [-0.25, -0.2) is 0 Å². The van der Waals surface area contributed by atoms with E-state index in [9.17, 15) is 0 Å². The molecule has 0 N–H and O–H groups in total. The van der Waals surface area contributed by atoms with Crippen molar-refractivity contribution in [3.05, 3.63) is 23.5 Å². The lowest BCUT2D eigenvalue weighted by atomic mass is 10.3. The lowest BCUT2D eigenvalue weighted by molar-refractivity contribution is 0.813. The maximum atomic E-state index is 4.40. The van der Waals surface area contributed by atoms with Crippen LogP contribution < -0.4 is 0 Å². The molecule has 0 aromatic carbocycles. The van der Waals surface area contributed by atoms with Crippen LogP contribution in [0.4, 0.5) is 0 Å². The van der Waals surface area contributed by atoms with Crippen LogP contribution in [0.25, 0.3) is 0 Å². The number of hydrogen-bond donors (Lipinski definition) is 0. The van der Waals surface area contributed by atoms with Gasteiger partial charge >= 0.3 is 0 Å². The number of rotatable bonds is 0. The molecule has 74 valence electrons. The van der Waals surface area contributed by atoms with Gasteiger partial charge in [0.15, 0.2) is 5.84 Å². The van der Waals surface area contributed by atoms with E-state index in [0.29, 0.717) is 4.83 Å². The summed E-state index contributed by atoms with van der Waals surface area (Å²) < 4.78 is 1.77. The minimum Gasteiger partial charge on any atom is -0.265 e. The first-order valence-corrected chi connectivity index (χ1v) is 5.36. The molecule has 0 saturated heterocycles. The zero-order valence-electron chi connectivity index (χ0n) is 8.11. The molecule has 0 bridgehead atoms. The van der Waals surface area contributed by atoms with Gasteiger partial charge in [-0.05, 0) is 19.9 Å². The Balaban J connectivity index is 2.33. The summed E-state index contributed by atoms with van der Waals surface area (Å²) in [6, 6.07) is 0. The Morgan fingerprint density at radius 3 is 2.79 bits per heavy atom. The molecule has 0 aliphatic carbocycles. The molecule has 1 aromatic rings. The molecule has 1 aliphatic heterocycles. The van der Waals surface area contributed by atoms with E-state index in [-0.39, 0.29) is 0 Å². The number of alkyl halides is 1. The van der Waals surface area contributed by atoms with E-state index in [1.54, 1.807) is 4.68 Å². The Kier molecular flexibility index (Phi) is 2.50. The largest absolute Gasteiger partial charge is 0.265 e. The number of allylic oxidation sites excluding steroid dienone is 1. The summed E-state index contributed by atoms with van der Waals surface area (Å²) in [6.07, 6.45) is 4.03. The standard InChI is InChI=1S/C9H11BrN4/c1-6-7(2)14(13-12-6)9-4-3-8(10)5-11-9/h3-4,8H,5H2,1-2H3. The van der Waals surface area contributed by atoms with Crippen molar-refractivity contribution in [2.24, 2.45) is 4.99 Å². The van der Waals surface area contributed by atoms with Gasteiger partial charge in [-0.1, -0.05) is 27.2 Å². The molecule has 5 heteroatoms. The molecule has 2 rings (SSSR count). The SMILES string of the molecule is Cc1nnn(C2=NCC(Br)C=C2)c1C. The molecule has 0 amide bonds. The Bertz CT molecular complexity index is 405. The van der Waals surface area contributed by atoms with Crippen LogP contribution in [-0.2, 0) is 0 Å². The van der Waals surface area contributed by atoms with E-state index >= 15 is 0 Å². The average molecular weight is 255 g/mol. The van der Waals surface area contributed by atoms with Crippen LogP contribution in [0.2, 0.25) is 0 Å². The van der Waals surface area contributed by atoms with Gasteiger partial charge in [-0.2, -0.15) is 4.68 Å². The number of aryl methyl sites for hydroxylation is 1. The second kappa shape index (κ2) is 3.65. The fraction of sp³-hybridized carbons (Fsp3) is 0.444. The van der Waals surface area contributed by atoms with Crippen LogP contribution in [-0.4, -0.2) is 32.2 Å². The maximum absolute atomic E-state index is 4.40. The zero-order chi connectivity index (χ0) is 10.1. The molecule has 0 fully saturated rings. The van der Waals surface area contributed by atoms with Crippen LogP contribution in [0.5, 0.6) is 0 Å². The third-order valence-electron chi connectivity index (χ3n) is 2.22. The molecule has 4 nitrogen and oxygen atoms in total. The average Bonchev–Trinajstić information content (AvgIpc) is 2.50. The van der Waals surface area contributed by atoms with Gasteiger partial charge in [0.1, 0.15) is 0 Å². The van der Waals surface area contributed by atoms with Crippen LogP contribution in [0.3, 0.4) is 0 Å². The molecular formula is C9H11BrN4. The normalized spacial score (nSPS) is 21.1. The highest BCUT2D eigenvalue weighted by atomic mass is 79.9. The summed E-state index contributed by atoms with van der Waals surface area (Å²) in [6.45, 7) is 4.69. The predicted molar refractivity (Wildman–Crippen MR) is 59.1 cm³/mol. The molecule has 1 atom stereocenters. The Labute approximate surface area is 90.8 Å². The molecule has 0 radical (unpaired) electrons. The van der Waals surface area contributed by atoms with Gasteiger partial charge in [0.2, 0.25) is 0 Å². The van der Waals surface area contributed by atoms with Crippen molar-refractivity contribution in [1.82, 2.24) is 15.0 Å². The van der Waals surface area contributed by atoms with Crippen molar-refractivity contribution in [2.75, 3.05) is 6.54 Å². The van der Waals surface area contributed by atoms with Crippen molar-refractivity contribution in [3.63, 3.8) is 0 Å². The van der Waals surface area contributed by atoms with E-state index in [2.05, 4.69) is 37.3 Å². The summed E-state index contributed by atoms with van der Waals surface area (Å²) >= 11 is 3.47. The van der Waals surface area contributed by atoms with Gasteiger partial charge in [-0.15, -0.1) is 5.10 Å². The number of halogens is 1. The third-order valence-corrected chi connectivity index (χ3v) is 2.82. The second-order valence-electron chi connectivity index (χ2n) is 3.25. The fourth-order valence-corrected chi connectivity index (χ4v) is 1.54. The number of hydrogen-bond acceptors (Lipinski definition) is 3.